The van der Waals surface area contributed by atoms with Gasteiger partial charge < -0.3 is 4.57 Å². The molecule has 308 valence electrons. The van der Waals surface area contributed by atoms with Crippen LogP contribution in [-0.4, -0.2) is 14.5 Å². The normalized spacial score (nSPS) is 12.5. The Morgan fingerprint density at radius 1 is 0.409 bits per heavy atom. The van der Waals surface area contributed by atoms with Crippen molar-refractivity contribution in [1.29, 1.82) is 0 Å². The van der Waals surface area contributed by atoms with Gasteiger partial charge in [0, 0.05) is 97.0 Å². The van der Waals surface area contributed by atoms with Crippen molar-refractivity contribution < 1.29 is 0 Å². The fraction of sp³-hybridized carbons (Fsp3) is 0.0164. The van der Waals surface area contributed by atoms with Crippen LogP contribution in [0.2, 0.25) is 0 Å². The number of hydrogen-bond donors (Lipinski definition) is 0. The van der Waals surface area contributed by atoms with Crippen LogP contribution in [0.4, 0.5) is 0 Å². The molecule has 0 saturated carbocycles. The van der Waals surface area contributed by atoms with Crippen LogP contribution in [0.1, 0.15) is 22.6 Å². The molecular formula is C61H37N3S2. The van der Waals surface area contributed by atoms with Gasteiger partial charge in [0.05, 0.1) is 22.4 Å². The van der Waals surface area contributed by atoms with Gasteiger partial charge >= 0.3 is 0 Å². The fourth-order valence-corrected chi connectivity index (χ4v) is 13.3. The van der Waals surface area contributed by atoms with E-state index in [0.29, 0.717) is 0 Å². The Labute approximate surface area is 388 Å². The van der Waals surface area contributed by atoms with Crippen molar-refractivity contribution >= 4 is 106 Å². The molecule has 14 aromatic rings. The van der Waals surface area contributed by atoms with E-state index >= 15 is 0 Å². The summed E-state index contributed by atoms with van der Waals surface area (Å²) in [7, 11) is 0. The Hall–Kier alpha value is -7.96. The highest BCUT2D eigenvalue weighted by molar-refractivity contribution is 7.28. The summed E-state index contributed by atoms with van der Waals surface area (Å²) in [5.41, 5.74) is 11.4. The molecule has 0 N–H and O–H groups in total. The van der Waals surface area contributed by atoms with Crippen LogP contribution in [0.5, 0.6) is 0 Å². The van der Waals surface area contributed by atoms with E-state index in [1.165, 1.54) is 101 Å². The van der Waals surface area contributed by atoms with Crippen molar-refractivity contribution in [2.45, 2.75) is 5.92 Å². The maximum absolute atomic E-state index is 5.11. The van der Waals surface area contributed by atoms with E-state index in [2.05, 4.69) is 211 Å². The van der Waals surface area contributed by atoms with Crippen molar-refractivity contribution in [1.82, 2.24) is 14.5 Å². The van der Waals surface area contributed by atoms with Gasteiger partial charge in [-0.25, -0.2) is 0 Å². The van der Waals surface area contributed by atoms with Crippen molar-refractivity contribution in [3.63, 3.8) is 0 Å². The molecule has 0 aliphatic carbocycles. The summed E-state index contributed by atoms with van der Waals surface area (Å²) in [5.74, 6) is -0.0883. The minimum atomic E-state index is -0.0883. The summed E-state index contributed by atoms with van der Waals surface area (Å²) < 4.78 is 7.66. The lowest BCUT2D eigenvalue weighted by molar-refractivity contribution is 0.970. The lowest BCUT2D eigenvalue weighted by Crippen LogP contribution is -2.05. The Kier molecular flexibility index (Phi) is 8.39. The average Bonchev–Trinajstić information content (AvgIpc) is 4.08. The highest BCUT2D eigenvalue weighted by Gasteiger charge is 2.25. The first kappa shape index (κ1) is 37.4. The van der Waals surface area contributed by atoms with Crippen LogP contribution in [0.3, 0.4) is 0 Å². The highest BCUT2D eigenvalue weighted by Crippen LogP contribution is 2.50. The lowest BCUT2D eigenvalue weighted by Gasteiger charge is -2.21. The number of aromatic nitrogens is 3. The van der Waals surface area contributed by atoms with Gasteiger partial charge in [-0.1, -0.05) is 152 Å². The summed E-state index contributed by atoms with van der Waals surface area (Å²) in [6.07, 6.45) is 3.99. The van der Waals surface area contributed by atoms with Gasteiger partial charge in [-0.05, 0) is 82.1 Å². The smallest absolute Gasteiger partial charge is 0.0708 e. The van der Waals surface area contributed by atoms with Gasteiger partial charge in [0.2, 0.25) is 0 Å². The van der Waals surface area contributed by atoms with Crippen LogP contribution in [0.25, 0.3) is 112 Å². The second-order valence-electron chi connectivity index (χ2n) is 17.2. The number of nitrogens with zero attached hydrogens (tertiary/aromatic N) is 3. The van der Waals surface area contributed by atoms with Crippen LogP contribution in [0.15, 0.2) is 219 Å². The molecule has 5 heterocycles. The van der Waals surface area contributed by atoms with Crippen molar-refractivity contribution in [3.8, 4) is 28.2 Å². The monoisotopic (exact) mass is 875 g/mol. The zero-order valence-electron chi connectivity index (χ0n) is 35.5. The molecule has 0 aliphatic rings. The Balaban J connectivity index is 1.01. The molecule has 0 bridgehead atoms. The summed E-state index contributed by atoms with van der Waals surface area (Å²) >= 11 is 3.79. The molecule has 1 unspecified atom stereocenters. The summed E-state index contributed by atoms with van der Waals surface area (Å²) in [6.45, 7) is 0. The minimum absolute atomic E-state index is 0.0883. The van der Waals surface area contributed by atoms with Crippen LogP contribution >= 0.6 is 22.7 Å². The first-order valence-corrected chi connectivity index (χ1v) is 24.0. The maximum Gasteiger partial charge on any atom is 0.0708 e. The van der Waals surface area contributed by atoms with E-state index in [9.17, 15) is 0 Å². The molecule has 5 heteroatoms. The van der Waals surface area contributed by atoms with Crippen molar-refractivity contribution in [3.05, 3.63) is 235 Å². The van der Waals surface area contributed by atoms with Crippen LogP contribution in [-0.2, 0) is 0 Å². The third-order valence-electron chi connectivity index (χ3n) is 13.6. The number of para-hydroxylation sites is 2. The molecule has 3 nitrogen and oxygen atoms in total. The summed E-state index contributed by atoms with van der Waals surface area (Å²) in [5, 5.41) is 12.8. The van der Waals surface area contributed by atoms with Gasteiger partial charge in [-0.15, -0.1) is 22.7 Å². The number of rotatable bonds is 6. The fourth-order valence-electron chi connectivity index (χ4n) is 10.7. The Bertz CT molecular complexity index is 4210. The number of thiophene rings is 2. The SMILES string of the molecule is c1ccc(-c2ccc(C(c3ccc4c(ccc5c4sc4c6ccccc6c6c(c7ccccc7n6-c6ccccc6)c54)c3)c3cc(-c4ccccn4)c4c(c3)sc3ccccc34)cn2)cc1. The maximum atomic E-state index is 5.11. The number of benzene rings is 9. The number of pyridine rings is 2. The van der Waals surface area contributed by atoms with E-state index in [-0.39, 0.29) is 5.92 Å². The number of hydrogen-bond acceptors (Lipinski definition) is 4. The zero-order valence-corrected chi connectivity index (χ0v) is 37.2. The lowest BCUT2D eigenvalue weighted by atomic mass is 9.83. The quantitative estimate of drug-likeness (QED) is 0.167. The third kappa shape index (κ3) is 5.67. The molecule has 5 aromatic heterocycles. The summed E-state index contributed by atoms with van der Waals surface area (Å²) in [4.78, 5) is 10.0. The van der Waals surface area contributed by atoms with Gasteiger partial charge in [-0.2, -0.15) is 0 Å². The second-order valence-corrected chi connectivity index (χ2v) is 19.3. The van der Waals surface area contributed by atoms with Gasteiger partial charge in [0.25, 0.3) is 0 Å². The molecule has 0 spiro atoms. The highest BCUT2D eigenvalue weighted by atomic mass is 32.1. The van der Waals surface area contributed by atoms with Gasteiger partial charge in [0.15, 0.2) is 0 Å². The molecule has 0 saturated heterocycles. The van der Waals surface area contributed by atoms with Gasteiger partial charge in [-0.3, -0.25) is 9.97 Å². The van der Waals surface area contributed by atoms with E-state index in [1.807, 2.05) is 34.9 Å². The molecule has 14 rings (SSSR count). The molecule has 1 atom stereocenters. The Morgan fingerprint density at radius 2 is 1.14 bits per heavy atom. The van der Waals surface area contributed by atoms with E-state index < -0.39 is 0 Å². The molecule has 0 amide bonds. The van der Waals surface area contributed by atoms with E-state index in [1.54, 1.807) is 0 Å². The predicted molar refractivity (Wildman–Crippen MR) is 282 cm³/mol. The predicted octanol–water partition coefficient (Wildman–Crippen LogP) is 17.1. The molecule has 66 heavy (non-hydrogen) atoms. The van der Waals surface area contributed by atoms with E-state index in [4.69, 9.17) is 9.97 Å². The largest absolute Gasteiger partial charge is 0.309 e. The first-order chi connectivity index (χ1) is 32.7. The zero-order chi connectivity index (χ0) is 43.3. The Morgan fingerprint density at radius 3 is 1.95 bits per heavy atom. The molecule has 0 fully saturated rings. The first-order valence-electron chi connectivity index (χ1n) is 22.4. The van der Waals surface area contributed by atoms with Crippen molar-refractivity contribution in [2.24, 2.45) is 0 Å². The topological polar surface area (TPSA) is 30.7 Å². The second kappa shape index (κ2) is 14.8. The third-order valence-corrected chi connectivity index (χ3v) is 15.9. The van der Waals surface area contributed by atoms with Crippen molar-refractivity contribution in [2.75, 3.05) is 0 Å². The molecule has 0 aliphatic heterocycles. The molecule has 9 aromatic carbocycles. The van der Waals surface area contributed by atoms with Gasteiger partial charge in [0.1, 0.15) is 0 Å². The van der Waals surface area contributed by atoms with Crippen LogP contribution < -0.4 is 0 Å². The minimum Gasteiger partial charge on any atom is -0.309 e. The number of fused-ring (bicyclic) bond motifs is 15. The van der Waals surface area contributed by atoms with Crippen LogP contribution in [0, 0.1) is 0 Å². The average molecular weight is 876 g/mol. The summed E-state index contributed by atoms with van der Waals surface area (Å²) in [6, 6.07) is 75.4. The van der Waals surface area contributed by atoms with E-state index in [0.717, 1.165) is 28.1 Å². The standard InChI is InChI=1S/C61H37N3S2/c1-3-15-37(16-4-1)50-31-28-40(36-63-50)55(41-34-49(51-23-13-14-32-62-51)56-47-22-10-12-25-53(47)65-54(56)35-41)39-27-29-43-38(33-39)26-30-48-58-57-46-21-9-11-24-52(46)64(42-17-5-2-6-18-42)59(57)44-19-7-8-20-45(44)61(58)66-60(43)48/h1-36,55H. The molecule has 0 radical (unpaired) electrons. The molecular weight excluding hydrogens is 839 g/mol.